The zero-order valence-corrected chi connectivity index (χ0v) is 19.9. The molecule has 0 aliphatic carbocycles. The van der Waals surface area contributed by atoms with Crippen LogP contribution in [0.5, 0.6) is 0 Å². The van der Waals surface area contributed by atoms with Gasteiger partial charge in [0, 0.05) is 23.7 Å². The number of hydrogen-bond acceptors (Lipinski definition) is 6. The molecule has 2 heterocycles. The van der Waals surface area contributed by atoms with Crippen LogP contribution in [0.25, 0.3) is 5.57 Å². The molecule has 1 atom stereocenters. The molecule has 7 nitrogen and oxygen atoms in total. The van der Waals surface area contributed by atoms with Gasteiger partial charge in [0.1, 0.15) is 0 Å². The van der Waals surface area contributed by atoms with E-state index in [1.165, 1.54) is 27.2 Å². The van der Waals surface area contributed by atoms with Gasteiger partial charge in [-0.2, -0.15) is 0 Å². The molecule has 0 radical (unpaired) electrons. The maximum absolute atomic E-state index is 12.2. The largest absolute Gasteiger partial charge is 0.473 e. The number of carboxylic acids is 2. The summed E-state index contributed by atoms with van der Waals surface area (Å²) < 4.78 is 5.25. The van der Waals surface area contributed by atoms with Crippen LogP contribution in [0.4, 0.5) is 0 Å². The van der Waals surface area contributed by atoms with Crippen LogP contribution in [0.3, 0.4) is 0 Å². The molecule has 1 unspecified atom stereocenters. The quantitative estimate of drug-likeness (QED) is 0.494. The number of ether oxygens (including phenoxy) is 1. The second-order valence-corrected chi connectivity index (χ2v) is 9.04. The first-order valence-corrected chi connectivity index (χ1v) is 12.2. The third-order valence-electron chi connectivity index (χ3n) is 5.73. The number of fused-ring (bicyclic) bond motifs is 2. The first-order valence-electron chi connectivity index (χ1n) is 11.3. The van der Waals surface area contributed by atoms with E-state index >= 15 is 0 Å². The van der Waals surface area contributed by atoms with Gasteiger partial charge < -0.3 is 14.9 Å². The van der Waals surface area contributed by atoms with E-state index in [0.717, 1.165) is 38.2 Å². The van der Waals surface area contributed by atoms with Gasteiger partial charge in [-0.25, -0.2) is 9.59 Å². The number of aliphatic carboxylic acids is 2. The summed E-state index contributed by atoms with van der Waals surface area (Å²) in [7, 11) is 0. The molecule has 2 aromatic carbocycles. The molecule has 34 heavy (non-hydrogen) atoms. The summed E-state index contributed by atoms with van der Waals surface area (Å²) in [4.78, 5) is 34.1. The number of piperidine rings is 1. The van der Waals surface area contributed by atoms with E-state index in [0.29, 0.717) is 6.61 Å². The topological polar surface area (TPSA) is 104 Å². The maximum Gasteiger partial charge on any atom is 0.414 e. The number of thioether (sulfide) groups is 1. The molecule has 1 fully saturated rings. The van der Waals surface area contributed by atoms with Crippen molar-refractivity contribution in [3.63, 3.8) is 0 Å². The van der Waals surface area contributed by atoms with Gasteiger partial charge in [0.05, 0.1) is 12.5 Å². The average molecular weight is 484 g/mol. The fourth-order valence-corrected chi connectivity index (χ4v) is 5.21. The summed E-state index contributed by atoms with van der Waals surface area (Å²) in [5.41, 5.74) is 5.35. The normalized spacial score (nSPS) is 18.5. The summed E-state index contributed by atoms with van der Waals surface area (Å²) >= 11 is 1.91. The van der Waals surface area contributed by atoms with Crippen LogP contribution in [0.1, 0.15) is 36.5 Å². The van der Waals surface area contributed by atoms with Crippen LogP contribution in [-0.4, -0.2) is 59.3 Å². The van der Waals surface area contributed by atoms with Crippen molar-refractivity contribution in [2.24, 2.45) is 5.92 Å². The standard InChI is InChI=1S/C24H27NO2S.C2H2O4/c1-2-27-24(26)18-9-7-14-25(16-18)15-13-21-20-10-4-3-8-19(20)17-28-23-12-6-5-11-22(21)23;3-1(4)2(5)6/h3-6,8,10-13,18H,2,7,9,14-17H2,1H3;(H,3,4)(H,5,6). The number of carbonyl (C=O) groups is 3. The lowest BCUT2D eigenvalue weighted by Gasteiger charge is -2.30. The highest BCUT2D eigenvalue weighted by Gasteiger charge is 2.26. The molecular formula is C26H29NO6S. The van der Waals surface area contributed by atoms with Gasteiger partial charge in [-0.3, -0.25) is 9.69 Å². The van der Waals surface area contributed by atoms with Crippen LogP contribution in [0, 0.1) is 5.92 Å². The zero-order valence-electron chi connectivity index (χ0n) is 19.1. The Morgan fingerprint density at radius 2 is 1.74 bits per heavy atom. The molecule has 2 aliphatic heterocycles. The van der Waals surface area contributed by atoms with E-state index in [9.17, 15) is 4.79 Å². The molecule has 0 spiro atoms. The number of likely N-dealkylation sites (tertiary alicyclic amines) is 1. The van der Waals surface area contributed by atoms with Crippen LogP contribution in [0.2, 0.25) is 0 Å². The van der Waals surface area contributed by atoms with Gasteiger partial charge in [-0.05, 0) is 54.6 Å². The van der Waals surface area contributed by atoms with Gasteiger partial charge in [0.15, 0.2) is 0 Å². The Morgan fingerprint density at radius 3 is 2.44 bits per heavy atom. The second-order valence-electron chi connectivity index (χ2n) is 8.02. The molecule has 1 saturated heterocycles. The van der Waals surface area contributed by atoms with Crippen molar-refractivity contribution >= 4 is 35.2 Å². The van der Waals surface area contributed by atoms with Crippen molar-refractivity contribution in [3.8, 4) is 0 Å². The smallest absolute Gasteiger partial charge is 0.414 e. The molecule has 0 amide bonds. The molecule has 2 N–H and O–H groups in total. The number of carboxylic acid groups (broad SMARTS) is 2. The van der Waals surface area contributed by atoms with Gasteiger partial charge in [-0.15, -0.1) is 11.8 Å². The van der Waals surface area contributed by atoms with Gasteiger partial charge in [-0.1, -0.05) is 48.5 Å². The van der Waals surface area contributed by atoms with Crippen molar-refractivity contribution in [1.29, 1.82) is 0 Å². The fraction of sp³-hybridized carbons (Fsp3) is 0.346. The maximum atomic E-state index is 12.2. The van der Waals surface area contributed by atoms with Crippen molar-refractivity contribution in [2.75, 3.05) is 26.2 Å². The average Bonchev–Trinajstić information content (AvgIpc) is 3.00. The van der Waals surface area contributed by atoms with E-state index in [-0.39, 0.29) is 11.9 Å². The second kappa shape index (κ2) is 12.4. The summed E-state index contributed by atoms with van der Waals surface area (Å²) in [5, 5.41) is 14.8. The number of nitrogens with zero attached hydrogens (tertiary/aromatic N) is 1. The molecule has 4 rings (SSSR count). The third-order valence-corrected chi connectivity index (χ3v) is 6.85. The van der Waals surface area contributed by atoms with E-state index in [2.05, 4.69) is 59.5 Å². The number of esters is 1. The summed E-state index contributed by atoms with van der Waals surface area (Å²) in [5.74, 6) is -2.68. The number of hydrogen-bond donors (Lipinski definition) is 2. The van der Waals surface area contributed by atoms with Crippen molar-refractivity contribution in [1.82, 2.24) is 4.90 Å². The van der Waals surface area contributed by atoms with Gasteiger partial charge in [0.2, 0.25) is 0 Å². The summed E-state index contributed by atoms with van der Waals surface area (Å²) in [6, 6.07) is 17.4. The lowest BCUT2D eigenvalue weighted by molar-refractivity contribution is -0.159. The molecule has 2 aromatic rings. The minimum atomic E-state index is -1.82. The Hall–Kier alpha value is -3.10. The lowest BCUT2D eigenvalue weighted by Crippen LogP contribution is -2.39. The van der Waals surface area contributed by atoms with Crippen LogP contribution in [0.15, 0.2) is 59.5 Å². The molecule has 0 saturated carbocycles. The molecule has 2 aliphatic rings. The Labute approximate surface area is 203 Å². The first kappa shape index (κ1) is 25.5. The number of rotatable bonds is 4. The van der Waals surface area contributed by atoms with Crippen molar-refractivity contribution < 1.29 is 29.3 Å². The number of carbonyl (C=O) groups excluding carboxylic acids is 1. The minimum absolute atomic E-state index is 0.0105. The Bertz CT molecular complexity index is 1010. The van der Waals surface area contributed by atoms with E-state index in [1.807, 2.05) is 18.7 Å². The molecule has 0 bridgehead atoms. The first-order chi connectivity index (χ1) is 16.4. The monoisotopic (exact) mass is 483 g/mol. The van der Waals surface area contributed by atoms with Crippen molar-refractivity contribution in [3.05, 3.63) is 71.3 Å². The Balaban J connectivity index is 0.000000481. The molecule has 0 aromatic heterocycles. The SMILES string of the molecule is CCOC(=O)C1CCCN(CC=C2c3ccccc3CSc3ccccc32)C1.O=C(O)C(=O)O. The van der Waals surface area contributed by atoms with Crippen molar-refractivity contribution in [2.45, 2.75) is 30.4 Å². The fourth-order valence-electron chi connectivity index (χ4n) is 4.14. The molecule has 8 heteroatoms. The summed E-state index contributed by atoms with van der Waals surface area (Å²) in [6.45, 7) is 5.03. The Morgan fingerprint density at radius 1 is 1.06 bits per heavy atom. The van der Waals surface area contributed by atoms with E-state index < -0.39 is 11.9 Å². The summed E-state index contributed by atoms with van der Waals surface area (Å²) in [6.07, 6.45) is 4.35. The highest BCUT2D eigenvalue weighted by atomic mass is 32.2. The predicted octanol–water partition coefficient (Wildman–Crippen LogP) is 4.15. The van der Waals surface area contributed by atoms with E-state index in [1.54, 1.807) is 0 Å². The third kappa shape index (κ3) is 6.71. The van der Waals surface area contributed by atoms with E-state index in [4.69, 9.17) is 24.5 Å². The zero-order chi connectivity index (χ0) is 24.5. The van der Waals surface area contributed by atoms with Crippen LogP contribution >= 0.6 is 11.8 Å². The predicted molar refractivity (Wildman–Crippen MR) is 131 cm³/mol. The lowest BCUT2D eigenvalue weighted by atomic mass is 9.93. The Kier molecular flexibility index (Phi) is 9.30. The highest BCUT2D eigenvalue weighted by Crippen LogP contribution is 2.39. The number of benzene rings is 2. The molecule has 180 valence electrons. The van der Waals surface area contributed by atoms with Gasteiger partial charge in [0.25, 0.3) is 0 Å². The molecular weight excluding hydrogens is 454 g/mol. The highest BCUT2D eigenvalue weighted by molar-refractivity contribution is 7.98. The minimum Gasteiger partial charge on any atom is -0.473 e. The van der Waals surface area contributed by atoms with Crippen LogP contribution in [-0.2, 0) is 24.9 Å². The van der Waals surface area contributed by atoms with Crippen LogP contribution < -0.4 is 0 Å². The van der Waals surface area contributed by atoms with Gasteiger partial charge >= 0.3 is 17.9 Å².